The standard InChI is InChI=1S/C15H28N2O/c1-14(2)11-6-8-15(14,3)12(10-11)16-13(18)7-9-17(4)5/h11-12H,6-10H2,1-5H3,(H,16,18)/t11-,12-,15+/m0/s1. The molecule has 2 bridgehead atoms. The fraction of sp³-hybridized carbons (Fsp3) is 0.933. The van der Waals surface area contributed by atoms with Crippen LogP contribution in [-0.4, -0.2) is 37.5 Å². The molecule has 2 rings (SSSR count). The van der Waals surface area contributed by atoms with Crippen LogP contribution in [0.5, 0.6) is 0 Å². The molecule has 0 unspecified atom stereocenters. The van der Waals surface area contributed by atoms with Gasteiger partial charge in [0.2, 0.25) is 5.91 Å². The average Bonchev–Trinajstić information content (AvgIpc) is 2.59. The Balaban J connectivity index is 1.94. The molecule has 2 aliphatic carbocycles. The monoisotopic (exact) mass is 252 g/mol. The topological polar surface area (TPSA) is 32.3 Å². The van der Waals surface area contributed by atoms with Gasteiger partial charge in [-0.2, -0.15) is 0 Å². The zero-order valence-electron chi connectivity index (χ0n) is 12.5. The van der Waals surface area contributed by atoms with E-state index in [2.05, 4.69) is 31.0 Å². The Hall–Kier alpha value is -0.570. The quantitative estimate of drug-likeness (QED) is 0.832. The number of fused-ring (bicyclic) bond motifs is 2. The minimum Gasteiger partial charge on any atom is -0.353 e. The van der Waals surface area contributed by atoms with E-state index >= 15 is 0 Å². The molecule has 3 atom stereocenters. The highest BCUT2D eigenvalue weighted by Crippen LogP contribution is 2.65. The Kier molecular flexibility index (Phi) is 3.48. The van der Waals surface area contributed by atoms with E-state index in [-0.39, 0.29) is 5.91 Å². The van der Waals surface area contributed by atoms with Crippen LogP contribution >= 0.6 is 0 Å². The molecule has 0 aliphatic heterocycles. The van der Waals surface area contributed by atoms with Gasteiger partial charge in [-0.15, -0.1) is 0 Å². The molecule has 1 amide bonds. The van der Waals surface area contributed by atoms with Gasteiger partial charge in [-0.3, -0.25) is 4.79 Å². The van der Waals surface area contributed by atoms with Crippen molar-refractivity contribution in [2.24, 2.45) is 16.7 Å². The molecule has 0 aromatic carbocycles. The van der Waals surface area contributed by atoms with Gasteiger partial charge < -0.3 is 10.2 Å². The van der Waals surface area contributed by atoms with Crippen LogP contribution < -0.4 is 5.32 Å². The summed E-state index contributed by atoms with van der Waals surface area (Å²) in [6.07, 6.45) is 4.40. The third-order valence-electron chi connectivity index (χ3n) is 5.92. The number of rotatable bonds is 4. The number of carbonyl (C=O) groups excluding carboxylic acids is 1. The molecule has 2 fully saturated rings. The van der Waals surface area contributed by atoms with Crippen LogP contribution in [0.25, 0.3) is 0 Å². The third-order valence-corrected chi connectivity index (χ3v) is 5.92. The van der Waals surface area contributed by atoms with Gasteiger partial charge in [0.15, 0.2) is 0 Å². The Morgan fingerprint density at radius 1 is 1.33 bits per heavy atom. The largest absolute Gasteiger partial charge is 0.353 e. The number of nitrogens with one attached hydrogen (secondary N) is 1. The number of carbonyl (C=O) groups is 1. The van der Waals surface area contributed by atoms with Crippen LogP contribution in [0.15, 0.2) is 0 Å². The van der Waals surface area contributed by atoms with Crippen LogP contribution in [-0.2, 0) is 4.79 Å². The molecular formula is C15H28N2O. The molecular weight excluding hydrogens is 224 g/mol. The van der Waals surface area contributed by atoms with Gasteiger partial charge in [-0.1, -0.05) is 20.8 Å². The van der Waals surface area contributed by atoms with Crippen LogP contribution in [0.3, 0.4) is 0 Å². The summed E-state index contributed by atoms with van der Waals surface area (Å²) in [6, 6.07) is 0.390. The van der Waals surface area contributed by atoms with Gasteiger partial charge in [0.1, 0.15) is 0 Å². The van der Waals surface area contributed by atoms with E-state index in [0.29, 0.717) is 23.3 Å². The van der Waals surface area contributed by atoms with Crippen LogP contribution in [0.4, 0.5) is 0 Å². The number of amides is 1. The van der Waals surface area contributed by atoms with Gasteiger partial charge >= 0.3 is 0 Å². The average molecular weight is 252 g/mol. The maximum absolute atomic E-state index is 12.0. The molecule has 2 aliphatic rings. The zero-order chi connectivity index (χ0) is 13.6. The lowest BCUT2D eigenvalue weighted by atomic mass is 9.69. The number of hydrogen-bond acceptors (Lipinski definition) is 2. The second kappa shape index (κ2) is 4.52. The first-order valence-electron chi connectivity index (χ1n) is 7.21. The second-order valence-corrected chi connectivity index (χ2v) is 7.28. The molecule has 0 spiro atoms. The van der Waals surface area contributed by atoms with E-state index in [1.807, 2.05) is 14.1 Å². The maximum atomic E-state index is 12.0. The first kappa shape index (κ1) is 13.9. The molecule has 2 saturated carbocycles. The summed E-state index contributed by atoms with van der Waals surface area (Å²) in [5.74, 6) is 1.01. The zero-order valence-corrected chi connectivity index (χ0v) is 12.5. The molecule has 104 valence electrons. The van der Waals surface area contributed by atoms with Crippen molar-refractivity contribution in [2.75, 3.05) is 20.6 Å². The van der Waals surface area contributed by atoms with Crippen molar-refractivity contribution in [3.8, 4) is 0 Å². The second-order valence-electron chi connectivity index (χ2n) is 7.28. The van der Waals surface area contributed by atoms with E-state index in [1.165, 1.54) is 19.3 Å². The summed E-state index contributed by atoms with van der Waals surface area (Å²) in [5.41, 5.74) is 0.679. The Bertz CT molecular complexity index is 337. The third kappa shape index (κ3) is 2.07. The molecule has 18 heavy (non-hydrogen) atoms. The van der Waals surface area contributed by atoms with Crippen molar-refractivity contribution in [3.05, 3.63) is 0 Å². The highest BCUT2D eigenvalue weighted by molar-refractivity contribution is 5.76. The fourth-order valence-electron chi connectivity index (χ4n) is 4.01. The molecule has 0 saturated heterocycles. The first-order chi connectivity index (χ1) is 8.27. The number of nitrogens with zero attached hydrogens (tertiary/aromatic N) is 1. The van der Waals surface area contributed by atoms with E-state index in [1.54, 1.807) is 0 Å². The number of hydrogen-bond donors (Lipinski definition) is 1. The molecule has 3 heteroatoms. The van der Waals surface area contributed by atoms with Crippen molar-refractivity contribution < 1.29 is 4.79 Å². The first-order valence-corrected chi connectivity index (χ1v) is 7.21. The molecule has 3 nitrogen and oxygen atoms in total. The lowest BCUT2D eigenvalue weighted by molar-refractivity contribution is -0.123. The van der Waals surface area contributed by atoms with Crippen LogP contribution in [0.1, 0.15) is 46.5 Å². The highest BCUT2D eigenvalue weighted by atomic mass is 16.1. The summed E-state index contributed by atoms with van der Waals surface area (Å²) in [6.45, 7) is 7.98. The van der Waals surface area contributed by atoms with E-state index in [0.717, 1.165) is 12.5 Å². The molecule has 1 N–H and O–H groups in total. The summed E-state index contributed by atoms with van der Waals surface area (Å²) in [4.78, 5) is 14.1. The molecule has 0 aromatic rings. The van der Waals surface area contributed by atoms with E-state index in [9.17, 15) is 4.79 Å². The Labute approximate surface area is 111 Å². The lowest BCUT2D eigenvalue weighted by Gasteiger charge is -2.39. The SMILES string of the molecule is CN(C)CCC(=O)N[C@H]1C[C@@H]2CC[C@@]1(C)C2(C)C. The normalized spacial score (nSPS) is 37.2. The summed E-state index contributed by atoms with van der Waals surface area (Å²) >= 11 is 0. The van der Waals surface area contributed by atoms with E-state index in [4.69, 9.17) is 0 Å². The van der Waals surface area contributed by atoms with Crippen molar-refractivity contribution in [1.82, 2.24) is 10.2 Å². The van der Waals surface area contributed by atoms with Gasteiger partial charge in [0, 0.05) is 19.0 Å². The van der Waals surface area contributed by atoms with Crippen molar-refractivity contribution in [3.63, 3.8) is 0 Å². The summed E-state index contributed by atoms with van der Waals surface area (Å²) in [5, 5.41) is 3.30. The fourth-order valence-corrected chi connectivity index (χ4v) is 4.01. The molecule has 0 radical (unpaired) electrons. The molecule has 0 aromatic heterocycles. The van der Waals surface area contributed by atoms with E-state index < -0.39 is 0 Å². The maximum Gasteiger partial charge on any atom is 0.221 e. The van der Waals surface area contributed by atoms with Crippen molar-refractivity contribution >= 4 is 5.91 Å². The minimum absolute atomic E-state index is 0.221. The Morgan fingerprint density at radius 2 is 2.00 bits per heavy atom. The smallest absolute Gasteiger partial charge is 0.221 e. The van der Waals surface area contributed by atoms with Crippen LogP contribution in [0, 0.1) is 16.7 Å². The van der Waals surface area contributed by atoms with Crippen LogP contribution in [0.2, 0.25) is 0 Å². The van der Waals surface area contributed by atoms with Gasteiger partial charge in [0.25, 0.3) is 0 Å². The predicted molar refractivity (Wildman–Crippen MR) is 74.3 cm³/mol. The summed E-state index contributed by atoms with van der Waals surface area (Å²) in [7, 11) is 4.02. The summed E-state index contributed by atoms with van der Waals surface area (Å²) < 4.78 is 0. The van der Waals surface area contributed by atoms with Gasteiger partial charge in [-0.25, -0.2) is 0 Å². The minimum atomic E-state index is 0.221. The van der Waals surface area contributed by atoms with Gasteiger partial charge in [0.05, 0.1) is 0 Å². The lowest BCUT2D eigenvalue weighted by Crippen LogP contribution is -2.47. The van der Waals surface area contributed by atoms with Crippen molar-refractivity contribution in [1.29, 1.82) is 0 Å². The Morgan fingerprint density at radius 3 is 2.44 bits per heavy atom. The van der Waals surface area contributed by atoms with Gasteiger partial charge in [-0.05, 0) is 50.1 Å². The molecule has 0 heterocycles. The highest BCUT2D eigenvalue weighted by Gasteiger charge is 2.61. The predicted octanol–water partition coefficient (Wildman–Crippen LogP) is 2.27. The van der Waals surface area contributed by atoms with Crippen molar-refractivity contribution in [2.45, 2.75) is 52.5 Å².